The molecule has 1 aliphatic rings. The molecule has 3 rings (SSSR count). The van der Waals surface area contributed by atoms with Crippen molar-refractivity contribution in [2.75, 3.05) is 54.7 Å². The maximum Gasteiger partial charge on any atom is 0.253 e. The van der Waals surface area contributed by atoms with E-state index in [0.29, 0.717) is 49.1 Å². The second kappa shape index (κ2) is 11.6. The SMILES string of the molecule is COCCCNC(=O)[C@@H]1CN(C(=O)c2ccc(OC)cc2)C[C@H]1c1cc(OC)ccc1OC. The third kappa shape index (κ3) is 5.76. The van der Waals surface area contributed by atoms with Gasteiger partial charge in [-0.3, -0.25) is 9.59 Å². The molecule has 0 unspecified atom stereocenters. The Morgan fingerprint density at radius 1 is 0.939 bits per heavy atom. The highest BCUT2D eigenvalue weighted by atomic mass is 16.5. The summed E-state index contributed by atoms with van der Waals surface area (Å²) in [4.78, 5) is 28.1. The van der Waals surface area contributed by atoms with Gasteiger partial charge in [0, 0.05) is 50.4 Å². The molecule has 8 nitrogen and oxygen atoms in total. The van der Waals surface area contributed by atoms with E-state index in [4.69, 9.17) is 18.9 Å². The highest BCUT2D eigenvalue weighted by Crippen LogP contribution is 2.40. The number of methoxy groups -OCH3 is 4. The number of nitrogens with zero attached hydrogens (tertiary/aromatic N) is 1. The highest BCUT2D eigenvalue weighted by Gasteiger charge is 2.41. The van der Waals surface area contributed by atoms with E-state index < -0.39 is 5.92 Å². The number of nitrogens with one attached hydrogen (secondary N) is 1. The zero-order valence-corrected chi connectivity index (χ0v) is 19.6. The summed E-state index contributed by atoms with van der Waals surface area (Å²) in [6, 6.07) is 12.5. The molecule has 178 valence electrons. The standard InChI is InChI=1S/C25H32N2O6/c1-30-13-5-12-26-24(28)22-16-27(25(29)17-6-8-18(31-2)9-7-17)15-21(22)20-14-19(32-3)10-11-23(20)33-4/h6-11,14,21-22H,5,12-13,15-16H2,1-4H3,(H,26,28)/t21-,22+/m0/s1. The van der Waals surface area contributed by atoms with E-state index in [1.807, 2.05) is 18.2 Å². The predicted molar refractivity (Wildman–Crippen MR) is 124 cm³/mol. The lowest BCUT2D eigenvalue weighted by Crippen LogP contribution is -2.36. The minimum absolute atomic E-state index is 0.0917. The summed E-state index contributed by atoms with van der Waals surface area (Å²) in [5.74, 6) is 1.14. The second-order valence-corrected chi connectivity index (χ2v) is 7.90. The van der Waals surface area contributed by atoms with Gasteiger partial charge in [-0.2, -0.15) is 0 Å². The lowest BCUT2D eigenvalue weighted by molar-refractivity contribution is -0.125. The van der Waals surface area contributed by atoms with Gasteiger partial charge in [-0.25, -0.2) is 0 Å². The van der Waals surface area contributed by atoms with E-state index in [1.165, 1.54) is 0 Å². The third-order valence-electron chi connectivity index (χ3n) is 5.94. The normalized spacial score (nSPS) is 17.5. The molecule has 0 aliphatic carbocycles. The van der Waals surface area contributed by atoms with Crippen LogP contribution in [-0.2, 0) is 9.53 Å². The van der Waals surface area contributed by atoms with Gasteiger partial charge in [0.05, 0.1) is 27.2 Å². The minimum atomic E-state index is -0.421. The van der Waals surface area contributed by atoms with Crippen LogP contribution in [0.2, 0.25) is 0 Å². The molecule has 33 heavy (non-hydrogen) atoms. The number of hydrogen-bond acceptors (Lipinski definition) is 6. The van der Waals surface area contributed by atoms with E-state index in [2.05, 4.69) is 5.32 Å². The summed E-state index contributed by atoms with van der Waals surface area (Å²) < 4.78 is 21.2. The van der Waals surface area contributed by atoms with E-state index in [-0.39, 0.29) is 17.7 Å². The van der Waals surface area contributed by atoms with Crippen LogP contribution in [0, 0.1) is 5.92 Å². The lowest BCUT2D eigenvalue weighted by Gasteiger charge is -2.21. The van der Waals surface area contributed by atoms with Crippen LogP contribution in [0.3, 0.4) is 0 Å². The van der Waals surface area contributed by atoms with Crippen LogP contribution in [0.15, 0.2) is 42.5 Å². The zero-order chi connectivity index (χ0) is 23.8. The molecule has 1 aliphatic heterocycles. The van der Waals surface area contributed by atoms with Crippen molar-refractivity contribution in [3.05, 3.63) is 53.6 Å². The van der Waals surface area contributed by atoms with Gasteiger partial charge in [0.2, 0.25) is 5.91 Å². The molecule has 0 spiro atoms. The summed E-state index contributed by atoms with van der Waals surface area (Å²) in [6.07, 6.45) is 0.719. The Balaban J connectivity index is 1.87. The molecule has 1 heterocycles. The molecule has 2 aromatic rings. The Kier molecular flexibility index (Phi) is 8.54. The van der Waals surface area contributed by atoms with Gasteiger partial charge in [0.15, 0.2) is 0 Å². The van der Waals surface area contributed by atoms with Crippen molar-refractivity contribution >= 4 is 11.8 Å². The Labute approximate surface area is 194 Å². The van der Waals surface area contributed by atoms with Crippen molar-refractivity contribution in [3.8, 4) is 17.2 Å². The summed E-state index contributed by atoms with van der Waals surface area (Å²) in [5, 5.41) is 2.99. The largest absolute Gasteiger partial charge is 0.497 e. The number of likely N-dealkylation sites (tertiary alicyclic amines) is 1. The van der Waals surface area contributed by atoms with Crippen molar-refractivity contribution < 1.29 is 28.5 Å². The number of ether oxygens (including phenoxy) is 4. The van der Waals surface area contributed by atoms with E-state index in [9.17, 15) is 9.59 Å². The first-order valence-electron chi connectivity index (χ1n) is 10.9. The molecular formula is C25H32N2O6. The molecule has 0 bridgehead atoms. The van der Waals surface area contributed by atoms with Gasteiger partial charge in [0.1, 0.15) is 17.2 Å². The first kappa shape index (κ1) is 24.4. The molecule has 2 amide bonds. The summed E-state index contributed by atoms with van der Waals surface area (Å²) in [5.41, 5.74) is 1.40. The quantitative estimate of drug-likeness (QED) is 0.554. The fourth-order valence-corrected chi connectivity index (χ4v) is 4.15. The molecule has 0 saturated carbocycles. The Morgan fingerprint density at radius 3 is 2.27 bits per heavy atom. The molecule has 2 atom stereocenters. The predicted octanol–water partition coefficient (Wildman–Crippen LogP) is 2.72. The molecule has 1 N–H and O–H groups in total. The van der Waals surface area contributed by atoms with Crippen LogP contribution >= 0.6 is 0 Å². The maximum absolute atomic E-state index is 13.2. The van der Waals surface area contributed by atoms with Crippen LogP contribution in [0.1, 0.15) is 28.3 Å². The fourth-order valence-electron chi connectivity index (χ4n) is 4.15. The second-order valence-electron chi connectivity index (χ2n) is 7.90. The van der Waals surface area contributed by atoms with Crippen molar-refractivity contribution in [2.24, 2.45) is 5.92 Å². The Morgan fingerprint density at radius 2 is 1.64 bits per heavy atom. The summed E-state index contributed by atoms with van der Waals surface area (Å²) >= 11 is 0. The lowest BCUT2D eigenvalue weighted by atomic mass is 9.87. The molecule has 8 heteroatoms. The van der Waals surface area contributed by atoms with Gasteiger partial charge < -0.3 is 29.2 Å². The van der Waals surface area contributed by atoms with Crippen LogP contribution in [-0.4, -0.2) is 71.4 Å². The summed E-state index contributed by atoms with van der Waals surface area (Å²) in [7, 11) is 6.41. The Hall–Kier alpha value is -3.26. The molecular weight excluding hydrogens is 424 g/mol. The highest BCUT2D eigenvalue weighted by molar-refractivity contribution is 5.95. The zero-order valence-electron chi connectivity index (χ0n) is 19.6. The van der Waals surface area contributed by atoms with Crippen LogP contribution in [0.4, 0.5) is 0 Å². The summed E-state index contributed by atoms with van der Waals surface area (Å²) in [6.45, 7) is 1.79. The monoisotopic (exact) mass is 456 g/mol. The van der Waals surface area contributed by atoms with Crippen LogP contribution in [0.5, 0.6) is 17.2 Å². The Bertz CT molecular complexity index is 946. The first-order chi connectivity index (χ1) is 16.0. The van der Waals surface area contributed by atoms with Gasteiger partial charge in [0.25, 0.3) is 5.91 Å². The van der Waals surface area contributed by atoms with Crippen LogP contribution in [0.25, 0.3) is 0 Å². The molecule has 1 saturated heterocycles. The number of amides is 2. The van der Waals surface area contributed by atoms with E-state index >= 15 is 0 Å². The van der Waals surface area contributed by atoms with Crippen molar-refractivity contribution in [1.82, 2.24) is 10.2 Å². The molecule has 0 radical (unpaired) electrons. The maximum atomic E-state index is 13.2. The average molecular weight is 457 g/mol. The molecule has 1 fully saturated rings. The number of hydrogen-bond donors (Lipinski definition) is 1. The van der Waals surface area contributed by atoms with Crippen LogP contribution < -0.4 is 19.5 Å². The van der Waals surface area contributed by atoms with Crippen molar-refractivity contribution in [3.63, 3.8) is 0 Å². The smallest absolute Gasteiger partial charge is 0.253 e. The number of carbonyl (C=O) groups is 2. The molecule has 0 aromatic heterocycles. The topological polar surface area (TPSA) is 86.3 Å². The number of benzene rings is 2. The van der Waals surface area contributed by atoms with E-state index in [0.717, 1.165) is 12.0 Å². The number of carbonyl (C=O) groups excluding carboxylic acids is 2. The minimum Gasteiger partial charge on any atom is -0.497 e. The van der Waals surface area contributed by atoms with Gasteiger partial charge >= 0.3 is 0 Å². The van der Waals surface area contributed by atoms with Gasteiger partial charge in [-0.05, 0) is 48.9 Å². The van der Waals surface area contributed by atoms with E-state index in [1.54, 1.807) is 57.6 Å². The number of rotatable bonds is 10. The first-order valence-corrected chi connectivity index (χ1v) is 10.9. The molecule has 2 aromatic carbocycles. The average Bonchev–Trinajstić information content (AvgIpc) is 3.31. The van der Waals surface area contributed by atoms with Crippen molar-refractivity contribution in [1.29, 1.82) is 0 Å². The van der Waals surface area contributed by atoms with Gasteiger partial charge in [-0.15, -0.1) is 0 Å². The van der Waals surface area contributed by atoms with Crippen molar-refractivity contribution in [2.45, 2.75) is 12.3 Å². The third-order valence-corrected chi connectivity index (χ3v) is 5.94. The fraction of sp³-hybridized carbons (Fsp3) is 0.440. The van der Waals surface area contributed by atoms with Gasteiger partial charge in [-0.1, -0.05) is 0 Å².